The molecule has 1 aliphatic rings. The number of carboxylic acids is 1. The zero-order chi connectivity index (χ0) is 17.9. The highest BCUT2D eigenvalue weighted by atomic mass is 16.6. The minimum absolute atomic E-state index is 0.0813. The summed E-state index contributed by atoms with van der Waals surface area (Å²) in [7, 11) is 0. The van der Waals surface area contributed by atoms with Gasteiger partial charge < -0.3 is 19.5 Å². The van der Waals surface area contributed by atoms with Crippen LogP contribution in [0, 0.1) is 10.1 Å². The molecule has 1 amide bonds. The molecule has 0 aliphatic carbocycles. The average molecular weight is 338 g/mol. The molecule has 9 nitrogen and oxygen atoms in total. The van der Waals surface area contributed by atoms with Gasteiger partial charge in [0, 0.05) is 18.2 Å². The summed E-state index contributed by atoms with van der Waals surface area (Å²) in [6.45, 7) is 3.72. The Kier molecular flexibility index (Phi) is 5.35. The molecule has 1 aliphatic heterocycles. The number of nitro benzene ring substituents is 1. The van der Waals surface area contributed by atoms with Gasteiger partial charge in [0.15, 0.2) is 11.9 Å². The van der Waals surface area contributed by atoms with Crippen LogP contribution in [0.4, 0.5) is 5.69 Å². The molecular formula is C15H18N2O7. The number of hydrogen-bond donors (Lipinski definition) is 1. The van der Waals surface area contributed by atoms with Crippen LogP contribution in [0.5, 0.6) is 5.75 Å². The number of ether oxygens (including phenoxy) is 2. The topological polar surface area (TPSA) is 119 Å². The molecule has 2 atom stereocenters. The molecule has 1 unspecified atom stereocenters. The summed E-state index contributed by atoms with van der Waals surface area (Å²) in [4.78, 5) is 35.5. The Morgan fingerprint density at radius 2 is 2.17 bits per heavy atom. The average Bonchev–Trinajstić information content (AvgIpc) is 2.54. The molecule has 0 spiro atoms. The molecule has 24 heavy (non-hydrogen) atoms. The molecule has 0 saturated carbocycles. The number of nitrogens with zero attached hydrogens (tertiary/aromatic N) is 2. The van der Waals surface area contributed by atoms with Crippen LogP contribution in [0.2, 0.25) is 0 Å². The van der Waals surface area contributed by atoms with E-state index in [4.69, 9.17) is 14.6 Å². The highest BCUT2D eigenvalue weighted by Crippen LogP contribution is 2.29. The second-order valence-corrected chi connectivity index (χ2v) is 5.36. The van der Waals surface area contributed by atoms with Crippen molar-refractivity contribution < 1.29 is 29.1 Å². The fraction of sp³-hybridized carbons (Fsp3) is 0.467. The highest BCUT2D eigenvalue weighted by Gasteiger charge is 2.33. The normalized spacial score (nSPS) is 20.5. The smallest absolute Gasteiger partial charge is 0.334 e. The summed E-state index contributed by atoms with van der Waals surface area (Å²) in [6, 6.07) is 3.94. The monoisotopic (exact) mass is 338 g/mol. The molecule has 1 aromatic carbocycles. The molecule has 2 rings (SSSR count). The molecule has 9 heteroatoms. The van der Waals surface area contributed by atoms with Gasteiger partial charge in [-0.15, -0.1) is 0 Å². The predicted octanol–water partition coefficient (Wildman–Crippen LogP) is 1.31. The van der Waals surface area contributed by atoms with Crippen molar-refractivity contribution in [3.05, 3.63) is 33.9 Å². The molecule has 130 valence electrons. The fourth-order valence-electron chi connectivity index (χ4n) is 2.51. The minimum atomic E-state index is -1.16. The summed E-state index contributed by atoms with van der Waals surface area (Å²) >= 11 is 0. The van der Waals surface area contributed by atoms with Crippen LogP contribution < -0.4 is 4.74 Å². The first kappa shape index (κ1) is 17.7. The number of hydrogen-bond acceptors (Lipinski definition) is 6. The second kappa shape index (κ2) is 7.26. The van der Waals surface area contributed by atoms with Crippen molar-refractivity contribution >= 4 is 17.6 Å². The lowest BCUT2D eigenvalue weighted by Gasteiger charge is -2.34. The maximum Gasteiger partial charge on any atom is 0.334 e. The number of carbonyl (C=O) groups excluding carboxylic acids is 1. The molecule has 1 N–H and O–H groups in total. The maximum atomic E-state index is 12.6. The number of morpholine rings is 1. The number of carboxylic acid groups (broad SMARTS) is 1. The third-order valence-corrected chi connectivity index (χ3v) is 3.53. The minimum Gasteiger partial charge on any atom is -0.487 e. The van der Waals surface area contributed by atoms with E-state index in [1.165, 1.54) is 17.0 Å². The van der Waals surface area contributed by atoms with Crippen LogP contribution in [-0.2, 0) is 9.53 Å². The van der Waals surface area contributed by atoms with Gasteiger partial charge in [-0.05, 0) is 26.0 Å². The third kappa shape index (κ3) is 3.80. The Hall–Kier alpha value is -2.68. The van der Waals surface area contributed by atoms with Crippen molar-refractivity contribution in [2.45, 2.75) is 26.1 Å². The molecular weight excluding hydrogens is 320 g/mol. The lowest BCUT2D eigenvalue weighted by Crippen LogP contribution is -2.51. The molecule has 1 heterocycles. The van der Waals surface area contributed by atoms with Crippen molar-refractivity contribution in [3.8, 4) is 5.75 Å². The number of nitro groups is 1. The lowest BCUT2D eigenvalue weighted by molar-refractivity contribution is -0.385. The Balaban J connectivity index is 2.27. The van der Waals surface area contributed by atoms with E-state index in [2.05, 4.69) is 0 Å². The molecule has 0 aromatic heterocycles. The van der Waals surface area contributed by atoms with Crippen molar-refractivity contribution in [2.24, 2.45) is 0 Å². The number of benzene rings is 1. The van der Waals surface area contributed by atoms with Gasteiger partial charge in [-0.25, -0.2) is 4.79 Å². The van der Waals surface area contributed by atoms with E-state index in [1.807, 2.05) is 0 Å². The molecule has 1 fully saturated rings. The van der Waals surface area contributed by atoms with Crippen LogP contribution in [0.15, 0.2) is 18.2 Å². The maximum absolute atomic E-state index is 12.6. The standard InChI is InChI=1S/C15H18N2O7/c1-3-23-12-5-4-10(6-11(12)17(21)22)14(18)16-7-9(2)24-13(8-16)15(19)20/h4-6,9,13H,3,7-8H2,1-2H3,(H,19,20)/t9-,13?/m1/s1. The molecule has 0 radical (unpaired) electrons. The van der Waals surface area contributed by atoms with E-state index >= 15 is 0 Å². The number of rotatable bonds is 5. The highest BCUT2D eigenvalue weighted by molar-refractivity contribution is 5.95. The first-order valence-electron chi connectivity index (χ1n) is 7.42. The molecule has 0 bridgehead atoms. The van der Waals surface area contributed by atoms with Crippen molar-refractivity contribution in [3.63, 3.8) is 0 Å². The molecule has 1 saturated heterocycles. The van der Waals surface area contributed by atoms with E-state index in [9.17, 15) is 19.7 Å². The number of carbonyl (C=O) groups is 2. The summed E-state index contributed by atoms with van der Waals surface area (Å²) in [5.41, 5.74) is -0.206. The first-order valence-corrected chi connectivity index (χ1v) is 7.42. The van der Waals surface area contributed by atoms with Gasteiger partial charge in [0.25, 0.3) is 5.91 Å². The van der Waals surface area contributed by atoms with Gasteiger partial charge in [0.2, 0.25) is 0 Å². The van der Waals surface area contributed by atoms with Gasteiger partial charge in [-0.1, -0.05) is 0 Å². The quantitative estimate of drug-likeness (QED) is 0.635. The number of aliphatic carboxylic acids is 1. The van der Waals surface area contributed by atoms with E-state index < -0.39 is 29.0 Å². The van der Waals surface area contributed by atoms with Crippen LogP contribution >= 0.6 is 0 Å². The zero-order valence-electron chi connectivity index (χ0n) is 13.3. The summed E-state index contributed by atoms with van der Waals surface area (Å²) in [6.07, 6.45) is -1.56. The van der Waals surface area contributed by atoms with Gasteiger partial charge in [-0.3, -0.25) is 14.9 Å². The van der Waals surface area contributed by atoms with Crippen LogP contribution in [-0.4, -0.2) is 58.7 Å². The van der Waals surface area contributed by atoms with Crippen LogP contribution in [0.3, 0.4) is 0 Å². The zero-order valence-corrected chi connectivity index (χ0v) is 13.3. The van der Waals surface area contributed by atoms with Crippen molar-refractivity contribution in [2.75, 3.05) is 19.7 Å². The fourth-order valence-corrected chi connectivity index (χ4v) is 2.51. The van der Waals surface area contributed by atoms with Gasteiger partial charge in [0.1, 0.15) is 0 Å². The van der Waals surface area contributed by atoms with E-state index in [0.717, 1.165) is 6.07 Å². The summed E-state index contributed by atoms with van der Waals surface area (Å²) < 4.78 is 10.4. The van der Waals surface area contributed by atoms with E-state index in [0.29, 0.717) is 0 Å². The van der Waals surface area contributed by atoms with Crippen LogP contribution in [0.1, 0.15) is 24.2 Å². The van der Waals surface area contributed by atoms with E-state index in [1.54, 1.807) is 13.8 Å². The van der Waals surface area contributed by atoms with E-state index in [-0.39, 0.29) is 36.7 Å². The van der Waals surface area contributed by atoms with Gasteiger partial charge in [0.05, 0.1) is 24.2 Å². The molecule has 1 aromatic rings. The lowest BCUT2D eigenvalue weighted by atomic mass is 10.1. The Morgan fingerprint density at radius 3 is 2.75 bits per heavy atom. The second-order valence-electron chi connectivity index (χ2n) is 5.36. The van der Waals surface area contributed by atoms with Gasteiger partial charge >= 0.3 is 11.7 Å². The largest absolute Gasteiger partial charge is 0.487 e. The Morgan fingerprint density at radius 1 is 1.46 bits per heavy atom. The van der Waals surface area contributed by atoms with Crippen molar-refractivity contribution in [1.29, 1.82) is 0 Å². The summed E-state index contributed by atoms with van der Waals surface area (Å²) in [5.74, 6) is -1.56. The van der Waals surface area contributed by atoms with Crippen molar-refractivity contribution in [1.82, 2.24) is 4.90 Å². The van der Waals surface area contributed by atoms with Gasteiger partial charge in [-0.2, -0.15) is 0 Å². The van der Waals surface area contributed by atoms with Crippen LogP contribution in [0.25, 0.3) is 0 Å². The predicted molar refractivity (Wildman–Crippen MR) is 82.1 cm³/mol. The SMILES string of the molecule is CCOc1ccc(C(=O)N2CC(C(=O)O)O[C@H](C)C2)cc1[N+](=O)[O-]. The summed E-state index contributed by atoms with van der Waals surface area (Å²) in [5, 5.41) is 20.2. The first-order chi connectivity index (χ1) is 11.3. The Labute approximate surface area is 137 Å². The third-order valence-electron chi connectivity index (χ3n) is 3.53. The Bertz CT molecular complexity index is 661. The number of amides is 1.